The van der Waals surface area contributed by atoms with E-state index in [1.54, 1.807) is 60.7 Å². The number of para-hydroxylation sites is 1. The first-order valence-electron chi connectivity index (χ1n) is 11.2. The van der Waals surface area contributed by atoms with Gasteiger partial charge >= 0.3 is 0 Å². The SMILES string of the molecule is O=C(Nc1ccc(S(=O)(=O)C2CCCC2)cc1)c1nn(-c2ccccc2)c(=O)c2ccccc12. The van der Waals surface area contributed by atoms with E-state index >= 15 is 0 Å². The molecule has 1 N–H and O–H groups in total. The molecule has 0 atom stereocenters. The number of hydrogen-bond acceptors (Lipinski definition) is 5. The van der Waals surface area contributed by atoms with E-state index in [0.29, 0.717) is 35.0 Å². The van der Waals surface area contributed by atoms with E-state index in [9.17, 15) is 18.0 Å². The maximum absolute atomic E-state index is 13.2. The van der Waals surface area contributed by atoms with Crippen LogP contribution in [-0.2, 0) is 9.84 Å². The number of hydrogen-bond donors (Lipinski definition) is 1. The number of nitrogens with one attached hydrogen (secondary N) is 1. The van der Waals surface area contributed by atoms with Gasteiger partial charge in [-0.1, -0.05) is 49.2 Å². The summed E-state index contributed by atoms with van der Waals surface area (Å²) < 4.78 is 26.8. The minimum absolute atomic E-state index is 0.0988. The standard InChI is InChI=1S/C26H23N3O4S/c30-25(27-18-14-16-21(17-15-18)34(32,33)20-10-4-5-11-20)24-22-12-6-7-13-23(22)26(31)29(28-24)19-8-2-1-3-9-19/h1-3,6-9,12-17,20H,4-5,10-11H2,(H,27,30). The van der Waals surface area contributed by atoms with Gasteiger partial charge in [0, 0.05) is 11.1 Å². The summed E-state index contributed by atoms with van der Waals surface area (Å²) in [5.74, 6) is -0.493. The Morgan fingerprint density at radius 3 is 2.15 bits per heavy atom. The molecule has 0 radical (unpaired) electrons. The number of aromatic nitrogens is 2. The van der Waals surface area contributed by atoms with Crippen molar-refractivity contribution in [1.29, 1.82) is 0 Å². The monoisotopic (exact) mass is 473 g/mol. The first-order valence-corrected chi connectivity index (χ1v) is 12.7. The lowest BCUT2D eigenvalue weighted by atomic mass is 10.1. The van der Waals surface area contributed by atoms with Crippen LogP contribution < -0.4 is 10.9 Å². The number of amides is 1. The Bertz CT molecular complexity index is 1520. The van der Waals surface area contributed by atoms with Crippen LogP contribution in [0.25, 0.3) is 16.5 Å². The minimum Gasteiger partial charge on any atom is -0.321 e. The molecule has 1 amide bonds. The molecule has 0 saturated heterocycles. The number of benzene rings is 3. The van der Waals surface area contributed by atoms with E-state index < -0.39 is 15.7 Å². The highest BCUT2D eigenvalue weighted by Gasteiger charge is 2.30. The second-order valence-corrected chi connectivity index (χ2v) is 10.6. The third-order valence-corrected chi connectivity index (χ3v) is 8.48. The lowest BCUT2D eigenvalue weighted by Crippen LogP contribution is -2.26. The van der Waals surface area contributed by atoms with Crippen LogP contribution in [0.1, 0.15) is 36.2 Å². The predicted molar refractivity (Wildman–Crippen MR) is 131 cm³/mol. The molecule has 4 aromatic rings. The molecule has 1 fully saturated rings. The van der Waals surface area contributed by atoms with Crippen LogP contribution in [0.5, 0.6) is 0 Å². The smallest absolute Gasteiger partial charge is 0.279 e. The second kappa shape index (κ2) is 8.87. The number of anilines is 1. The summed E-state index contributed by atoms with van der Waals surface area (Å²) in [6, 6.07) is 22.0. The van der Waals surface area contributed by atoms with Crippen LogP contribution in [0.2, 0.25) is 0 Å². The maximum atomic E-state index is 13.2. The molecule has 1 heterocycles. The van der Waals surface area contributed by atoms with E-state index in [1.165, 1.54) is 16.8 Å². The maximum Gasteiger partial charge on any atom is 0.279 e. The molecular formula is C26H23N3O4S. The number of nitrogens with zero attached hydrogens (tertiary/aromatic N) is 2. The summed E-state index contributed by atoms with van der Waals surface area (Å²) in [4.78, 5) is 26.5. The average molecular weight is 474 g/mol. The van der Waals surface area contributed by atoms with Gasteiger partial charge in [-0.05, 0) is 55.3 Å². The van der Waals surface area contributed by atoms with Crippen LogP contribution in [-0.4, -0.2) is 29.4 Å². The molecule has 1 saturated carbocycles. The largest absolute Gasteiger partial charge is 0.321 e. The van der Waals surface area contributed by atoms with Gasteiger partial charge in [-0.2, -0.15) is 9.78 Å². The molecule has 7 nitrogen and oxygen atoms in total. The summed E-state index contributed by atoms with van der Waals surface area (Å²) in [6.45, 7) is 0. The quantitative estimate of drug-likeness (QED) is 0.465. The van der Waals surface area contributed by atoms with E-state index in [2.05, 4.69) is 10.4 Å². The molecule has 8 heteroatoms. The van der Waals surface area contributed by atoms with Gasteiger partial charge in [0.15, 0.2) is 15.5 Å². The highest BCUT2D eigenvalue weighted by molar-refractivity contribution is 7.92. The van der Waals surface area contributed by atoms with Crippen molar-refractivity contribution in [2.24, 2.45) is 0 Å². The van der Waals surface area contributed by atoms with Crippen molar-refractivity contribution < 1.29 is 13.2 Å². The molecular weight excluding hydrogens is 450 g/mol. The zero-order valence-corrected chi connectivity index (χ0v) is 19.2. The number of sulfone groups is 1. The Morgan fingerprint density at radius 2 is 1.47 bits per heavy atom. The lowest BCUT2D eigenvalue weighted by molar-refractivity contribution is 0.102. The molecule has 34 heavy (non-hydrogen) atoms. The van der Waals surface area contributed by atoms with Gasteiger partial charge in [-0.3, -0.25) is 9.59 Å². The van der Waals surface area contributed by atoms with Crippen molar-refractivity contribution in [3.63, 3.8) is 0 Å². The summed E-state index contributed by atoms with van der Waals surface area (Å²) >= 11 is 0. The fourth-order valence-corrected chi connectivity index (χ4v) is 6.27. The van der Waals surface area contributed by atoms with Gasteiger partial charge in [0.1, 0.15) is 0 Å². The van der Waals surface area contributed by atoms with E-state index in [0.717, 1.165) is 12.8 Å². The molecule has 0 bridgehead atoms. The van der Waals surface area contributed by atoms with Gasteiger partial charge in [-0.25, -0.2) is 8.42 Å². The van der Waals surface area contributed by atoms with Gasteiger partial charge in [0.25, 0.3) is 11.5 Å². The van der Waals surface area contributed by atoms with Gasteiger partial charge < -0.3 is 5.32 Å². The van der Waals surface area contributed by atoms with Gasteiger partial charge in [0.2, 0.25) is 0 Å². The Morgan fingerprint density at radius 1 is 0.853 bits per heavy atom. The van der Waals surface area contributed by atoms with E-state index in [-0.39, 0.29) is 21.4 Å². The molecule has 0 spiro atoms. The van der Waals surface area contributed by atoms with Crippen molar-refractivity contribution in [1.82, 2.24) is 9.78 Å². The molecule has 1 aromatic heterocycles. The fourth-order valence-electron chi connectivity index (χ4n) is 4.41. The van der Waals surface area contributed by atoms with Crippen LogP contribution in [0, 0.1) is 0 Å². The fraction of sp³-hybridized carbons (Fsp3) is 0.192. The highest BCUT2D eigenvalue weighted by atomic mass is 32.2. The first-order chi connectivity index (χ1) is 16.4. The molecule has 3 aromatic carbocycles. The molecule has 0 unspecified atom stereocenters. The molecule has 1 aliphatic carbocycles. The van der Waals surface area contributed by atoms with Gasteiger partial charge in [0.05, 0.1) is 21.2 Å². The Hall–Kier alpha value is -3.78. The van der Waals surface area contributed by atoms with Crippen LogP contribution >= 0.6 is 0 Å². The third-order valence-electron chi connectivity index (χ3n) is 6.20. The summed E-state index contributed by atoms with van der Waals surface area (Å²) in [7, 11) is -3.37. The van der Waals surface area contributed by atoms with Crippen LogP contribution in [0.4, 0.5) is 5.69 Å². The van der Waals surface area contributed by atoms with Crippen molar-refractivity contribution in [2.45, 2.75) is 35.8 Å². The Labute approximate surface area is 197 Å². The lowest BCUT2D eigenvalue weighted by Gasteiger charge is -2.13. The van der Waals surface area contributed by atoms with Crippen LogP contribution in [0.15, 0.2) is 88.6 Å². The zero-order valence-electron chi connectivity index (χ0n) is 18.3. The molecule has 5 rings (SSSR count). The minimum atomic E-state index is -3.37. The number of rotatable bonds is 5. The summed E-state index contributed by atoms with van der Waals surface area (Å²) in [5.41, 5.74) is 0.772. The van der Waals surface area contributed by atoms with E-state index in [1.807, 2.05) is 6.07 Å². The van der Waals surface area contributed by atoms with Crippen LogP contribution in [0.3, 0.4) is 0 Å². The zero-order chi connectivity index (χ0) is 23.7. The summed E-state index contributed by atoms with van der Waals surface area (Å²) in [5, 5.41) is 7.65. The molecule has 172 valence electrons. The number of carbonyl (C=O) groups is 1. The van der Waals surface area contributed by atoms with Crippen molar-refractivity contribution in [3.05, 3.63) is 94.9 Å². The topological polar surface area (TPSA) is 98.1 Å². The van der Waals surface area contributed by atoms with E-state index in [4.69, 9.17) is 0 Å². The average Bonchev–Trinajstić information content (AvgIpc) is 3.41. The molecule has 0 aliphatic heterocycles. The third kappa shape index (κ3) is 4.01. The first kappa shape index (κ1) is 22.0. The Kier molecular flexibility index (Phi) is 5.75. The Balaban J connectivity index is 1.48. The van der Waals surface area contributed by atoms with Crippen molar-refractivity contribution in [2.75, 3.05) is 5.32 Å². The number of fused-ring (bicyclic) bond motifs is 1. The number of carbonyl (C=O) groups excluding carboxylic acids is 1. The van der Waals surface area contributed by atoms with Gasteiger partial charge in [-0.15, -0.1) is 0 Å². The normalized spacial score (nSPS) is 14.4. The van der Waals surface area contributed by atoms with Crippen molar-refractivity contribution >= 4 is 32.2 Å². The summed E-state index contributed by atoms with van der Waals surface area (Å²) in [6.07, 6.45) is 3.25. The predicted octanol–water partition coefficient (Wildman–Crippen LogP) is 4.35. The second-order valence-electron chi connectivity index (χ2n) is 8.38. The van der Waals surface area contributed by atoms with Crippen molar-refractivity contribution in [3.8, 4) is 5.69 Å². The molecule has 1 aliphatic rings. The highest BCUT2D eigenvalue weighted by Crippen LogP contribution is 2.30.